The van der Waals surface area contributed by atoms with Crippen molar-refractivity contribution in [1.29, 1.82) is 0 Å². The van der Waals surface area contributed by atoms with Crippen LogP contribution in [0.1, 0.15) is 15.9 Å². The Morgan fingerprint density at radius 1 is 0.789 bits per heavy atom. The topological polar surface area (TPSA) is 17.1 Å². The van der Waals surface area contributed by atoms with E-state index in [0.717, 1.165) is 10.8 Å². The van der Waals surface area contributed by atoms with E-state index in [1.165, 1.54) is 12.1 Å². The second-order valence-electron chi connectivity index (χ2n) is 4.37. The number of carbonyl (C=O) groups is 1. The van der Waals surface area contributed by atoms with Crippen LogP contribution in [-0.4, -0.2) is 5.78 Å². The molecule has 3 rings (SSSR count). The van der Waals surface area contributed by atoms with E-state index in [2.05, 4.69) is 0 Å². The molecule has 0 aliphatic carbocycles. The maximum atomic E-state index is 13.6. The number of carbonyl (C=O) groups excluding carboxylic acids is 1. The molecule has 92 valence electrons. The quantitative estimate of drug-likeness (QED) is 0.623. The molecule has 0 saturated carbocycles. The second kappa shape index (κ2) is 4.65. The van der Waals surface area contributed by atoms with E-state index in [0.29, 0.717) is 5.56 Å². The number of hydrogen-bond donors (Lipinski definition) is 0. The van der Waals surface area contributed by atoms with E-state index < -0.39 is 5.82 Å². The van der Waals surface area contributed by atoms with Gasteiger partial charge in [0.25, 0.3) is 0 Å². The summed E-state index contributed by atoms with van der Waals surface area (Å²) in [7, 11) is 0. The lowest BCUT2D eigenvalue weighted by molar-refractivity contribution is 0.103. The molecular weight excluding hydrogens is 239 g/mol. The monoisotopic (exact) mass is 250 g/mol. The predicted octanol–water partition coefficient (Wildman–Crippen LogP) is 4.21. The summed E-state index contributed by atoms with van der Waals surface area (Å²) in [6.07, 6.45) is 0. The van der Waals surface area contributed by atoms with Gasteiger partial charge in [0, 0.05) is 5.56 Å². The molecule has 0 N–H and O–H groups in total. The van der Waals surface area contributed by atoms with Crippen LogP contribution in [0.25, 0.3) is 10.8 Å². The summed E-state index contributed by atoms with van der Waals surface area (Å²) in [5, 5.41) is 2.04. The highest BCUT2D eigenvalue weighted by molar-refractivity contribution is 6.10. The molecule has 1 nitrogen and oxygen atoms in total. The number of benzene rings is 3. The van der Waals surface area contributed by atoms with Crippen molar-refractivity contribution in [3.05, 3.63) is 83.7 Å². The summed E-state index contributed by atoms with van der Waals surface area (Å²) in [6, 6.07) is 19.2. The number of rotatable bonds is 2. The third kappa shape index (κ3) is 2.13. The highest BCUT2D eigenvalue weighted by Crippen LogP contribution is 2.19. The van der Waals surface area contributed by atoms with Crippen molar-refractivity contribution in [3.8, 4) is 0 Å². The van der Waals surface area contributed by atoms with Gasteiger partial charge in [0.05, 0.1) is 5.56 Å². The highest BCUT2D eigenvalue weighted by Gasteiger charge is 2.13. The molecule has 0 saturated heterocycles. The zero-order chi connectivity index (χ0) is 13.2. The molecule has 0 unspecified atom stereocenters. The van der Waals surface area contributed by atoms with Crippen molar-refractivity contribution < 1.29 is 9.18 Å². The van der Waals surface area contributed by atoms with Crippen LogP contribution in [0.4, 0.5) is 4.39 Å². The lowest BCUT2D eigenvalue weighted by Gasteiger charge is -2.04. The van der Waals surface area contributed by atoms with Gasteiger partial charge in [0.2, 0.25) is 0 Å². The Labute approximate surface area is 110 Å². The zero-order valence-electron chi connectivity index (χ0n) is 10.1. The van der Waals surface area contributed by atoms with E-state index in [1.54, 1.807) is 24.3 Å². The van der Waals surface area contributed by atoms with Crippen LogP contribution in [0, 0.1) is 5.82 Å². The highest BCUT2D eigenvalue weighted by atomic mass is 19.1. The van der Waals surface area contributed by atoms with Crippen LogP contribution < -0.4 is 0 Å². The summed E-state index contributed by atoms with van der Waals surface area (Å²) < 4.78 is 13.6. The van der Waals surface area contributed by atoms with Gasteiger partial charge >= 0.3 is 0 Å². The molecule has 2 heteroatoms. The number of ketones is 1. The predicted molar refractivity (Wildman–Crippen MR) is 73.8 cm³/mol. The molecule has 0 aromatic heterocycles. The molecule has 3 aromatic rings. The van der Waals surface area contributed by atoms with Gasteiger partial charge in [-0.3, -0.25) is 4.79 Å². The Balaban J connectivity index is 2.09. The SMILES string of the molecule is O=C(c1ccc2ccccc2c1)c1ccccc1F. The Morgan fingerprint density at radius 3 is 2.26 bits per heavy atom. The fourth-order valence-electron chi connectivity index (χ4n) is 2.13. The molecule has 0 aliphatic heterocycles. The number of fused-ring (bicyclic) bond motifs is 1. The average Bonchev–Trinajstić information content (AvgIpc) is 2.46. The summed E-state index contributed by atoms with van der Waals surface area (Å²) in [4.78, 5) is 12.3. The third-order valence-electron chi connectivity index (χ3n) is 3.13. The van der Waals surface area contributed by atoms with Crippen LogP contribution in [-0.2, 0) is 0 Å². The normalized spacial score (nSPS) is 10.6. The molecule has 0 fully saturated rings. The van der Waals surface area contributed by atoms with Crippen LogP contribution in [0.2, 0.25) is 0 Å². The first kappa shape index (κ1) is 11.6. The van der Waals surface area contributed by atoms with Gasteiger partial charge in [-0.1, -0.05) is 48.5 Å². The molecule has 0 aliphatic rings. The van der Waals surface area contributed by atoms with E-state index in [-0.39, 0.29) is 11.3 Å². The first-order valence-corrected chi connectivity index (χ1v) is 6.04. The summed E-state index contributed by atoms with van der Waals surface area (Å²) >= 11 is 0. The van der Waals surface area contributed by atoms with Gasteiger partial charge in [-0.25, -0.2) is 4.39 Å². The number of hydrogen-bond acceptors (Lipinski definition) is 1. The first-order valence-electron chi connectivity index (χ1n) is 6.04. The second-order valence-corrected chi connectivity index (χ2v) is 4.37. The Hall–Kier alpha value is -2.48. The smallest absolute Gasteiger partial charge is 0.195 e. The molecular formula is C17H11FO. The van der Waals surface area contributed by atoms with E-state index >= 15 is 0 Å². The Bertz CT molecular complexity index is 762. The fraction of sp³-hybridized carbons (Fsp3) is 0. The van der Waals surface area contributed by atoms with Gasteiger partial charge in [0.15, 0.2) is 5.78 Å². The van der Waals surface area contributed by atoms with Crippen LogP contribution in [0.5, 0.6) is 0 Å². The summed E-state index contributed by atoms with van der Waals surface area (Å²) in [5.41, 5.74) is 0.613. The van der Waals surface area contributed by atoms with E-state index in [4.69, 9.17) is 0 Å². The van der Waals surface area contributed by atoms with Crippen molar-refractivity contribution in [3.63, 3.8) is 0 Å². The molecule has 0 bridgehead atoms. The minimum absolute atomic E-state index is 0.109. The van der Waals surface area contributed by atoms with Gasteiger partial charge in [0.1, 0.15) is 5.82 Å². The molecule has 0 radical (unpaired) electrons. The fourth-order valence-corrected chi connectivity index (χ4v) is 2.13. The molecule has 0 atom stereocenters. The molecule has 3 aromatic carbocycles. The van der Waals surface area contributed by atoms with Crippen molar-refractivity contribution >= 4 is 16.6 Å². The maximum absolute atomic E-state index is 13.6. The molecule has 0 heterocycles. The van der Waals surface area contributed by atoms with Crippen molar-refractivity contribution in [1.82, 2.24) is 0 Å². The molecule has 0 amide bonds. The van der Waals surface area contributed by atoms with Crippen LogP contribution in [0.3, 0.4) is 0 Å². The Morgan fingerprint density at radius 2 is 1.47 bits per heavy atom. The lowest BCUT2D eigenvalue weighted by atomic mass is 10.00. The summed E-state index contributed by atoms with van der Waals surface area (Å²) in [6.45, 7) is 0. The van der Waals surface area contributed by atoms with Crippen LogP contribution in [0.15, 0.2) is 66.7 Å². The van der Waals surface area contributed by atoms with Gasteiger partial charge in [-0.05, 0) is 29.0 Å². The van der Waals surface area contributed by atoms with Crippen molar-refractivity contribution in [2.24, 2.45) is 0 Å². The van der Waals surface area contributed by atoms with Gasteiger partial charge in [-0.2, -0.15) is 0 Å². The van der Waals surface area contributed by atoms with Gasteiger partial charge < -0.3 is 0 Å². The van der Waals surface area contributed by atoms with E-state index in [1.807, 2.05) is 30.3 Å². The summed E-state index contributed by atoms with van der Waals surface area (Å²) in [5.74, 6) is -0.774. The standard InChI is InChI=1S/C17H11FO/c18-16-8-4-3-7-15(16)17(19)14-10-9-12-5-1-2-6-13(12)11-14/h1-11H. The van der Waals surface area contributed by atoms with Crippen LogP contribution >= 0.6 is 0 Å². The zero-order valence-corrected chi connectivity index (χ0v) is 10.1. The van der Waals surface area contributed by atoms with Crippen molar-refractivity contribution in [2.45, 2.75) is 0 Å². The lowest BCUT2D eigenvalue weighted by Crippen LogP contribution is -2.03. The van der Waals surface area contributed by atoms with Crippen molar-refractivity contribution in [2.75, 3.05) is 0 Å². The third-order valence-corrected chi connectivity index (χ3v) is 3.13. The first-order chi connectivity index (χ1) is 9.25. The Kier molecular flexibility index (Phi) is 2.84. The average molecular weight is 250 g/mol. The minimum Gasteiger partial charge on any atom is -0.288 e. The van der Waals surface area contributed by atoms with Gasteiger partial charge in [-0.15, -0.1) is 0 Å². The van der Waals surface area contributed by atoms with E-state index in [9.17, 15) is 9.18 Å². The number of halogens is 1. The molecule has 0 spiro atoms. The maximum Gasteiger partial charge on any atom is 0.195 e. The minimum atomic E-state index is -0.486. The molecule has 19 heavy (non-hydrogen) atoms. The largest absolute Gasteiger partial charge is 0.288 e.